The van der Waals surface area contributed by atoms with Gasteiger partial charge in [-0.15, -0.1) is 10.2 Å². The van der Waals surface area contributed by atoms with Gasteiger partial charge in [0.1, 0.15) is 0 Å². The van der Waals surface area contributed by atoms with Crippen molar-refractivity contribution in [3.8, 4) is 0 Å². The molecule has 0 aliphatic carbocycles. The minimum Gasteiger partial charge on any atom is -0.306 e. The maximum Gasteiger partial charge on any atom is 0.177 e. The molecule has 5 nitrogen and oxygen atoms in total. The topological polar surface area (TPSA) is 46.3 Å². The predicted octanol–water partition coefficient (Wildman–Crippen LogP) is 1.24. The Labute approximate surface area is 100 Å². The zero-order chi connectivity index (χ0) is 11.8. The molecule has 3 heterocycles. The van der Waals surface area contributed by atoms with Crippen molar-refractivity contribution in [2.24, 2.45) is 0 Å². The molecular weight excluding hydrogens is 214 g/mol. The Morgan fingerprint density at radius 3 is 2.71 bits per heavy atom. The summed E-state index contributed by atoms with van der Waals surface area (Å²) in [5.74, 6) is 1.52. The number of fused-ring (bicyclic) bond motifs is 1. The monoisotopic (exact) mass is 231 g/mol. The molecule has 1 saturated heterocycles. The summed E-state index contributed by atoms with van der Waals surface area (Å²) in [7, 11) is 2.17. The fourth-order valence-electron chi connectivity index (χ4n) is 2.42. The first-order valence-electron chi connectivity index (χ1n) is 6.11. The van der Waals surface area contributed by atoms with E-state index in [1.807, 2.05) is 23.6 Å². The predicted molar refractivity (Wildman–Crippen MR) is 65.0 cm³/mol. The van der Waals surface area contributed by atoms with Crippen molar-refractivity contribution in [1.29, 1.82) is 0 Å². The van der Waals surface area contributed by atoms with E-state index >= 15 is 0 Å². The van der Waals surface area contributed by atoms with Crippen molar-refractivity contribution in [3.63, 3.8) is 0 Å². The van der Waals surface area contributed by atoms with Crippen molar-refractivity contribution in [3.05, 3.63) is 23.7 Å². The molecule has 0 spiro atoms. The van der Waals surface area contributed by atoms with Gasteiger partial charge in [0.05, 0.1) is 5.69 Å². The molecule has 0 amide bonds. The SMILES string of the molecule is Cc1ccc2nnc(C3CCN(C)CC3)n2n1. The minimum absolute atomic E-state index is 0.496. The van der Waals surface area contributed by atoms with Gasteiger partial charge in [-0.25, -0.2) is 0 Å². The van der Waals surface area contributed by atoms with Gasteiger partial charge in [0.2, 0.25) is 0 Å². The average Bonchev–Trinajstić information content (AvgIpc) is 2.73. The van der Waals surface area contributed by atoms with E-state index in [-0.39, 0.29) is 0 Å². The van der Waals surface area contributed by atoms with Gasteiger partial charge in [0.15, 0.2) is 11.5 Å². The second-order valence-corrected chi connectivity index (χ2v) is 4.88. The summed E-state index contributed by atoms with van der Waals surface area (Å²) in [5, 5.41) is 13.0. The van der Waals surface area contributed by atoms with Crippen LogP contribution in [0.4, 0.5) is 0 Å². The molecule has 0 radical (unpaired) electrons. The zero-order valence-electron chi connectivity index (χ0n) is 10.3. The number of aromatic nitrogens is 4. The molecule has 1 aliphatic rings. The Kier molecular flexibility index (Phi) is 2.55. The third kappa shape index (κ3) is 1.91. The van der Waals surface area contributed by atoms with E-state index in [4.69, 9.17) is 0 Å². The molecule has 2 aromatic heterocycles. The molecule has 0 saturated carbocycles. The van der Waals surface area contributed by atoms with Crippen molar-refractivity contribution in [2.75, 3.05) is 20.1 Å². The van der Waals surface area contributed by atoms with Crippen LogP contribution < -0.4 is 0 Å². The van der Waals surface area contributed by atoms with Crippen LogP contribution in [0.15, 0.2) is 12.1 Å². The van der Waals surface area contributed by atoms with Crippen LogP contribution in [0.5, 0.6) is 0 Å². The molecular formula is C12H17N5. The standard InChI is InChI=1S/C12H17N5/c1-9-3-4-11-13-14-12(17(11)15-9)10-5-7-16(2)8-6-10/h3-4,10H,5-8H2,1-2H3. The van der Waals surface area contributed by atoms with Crippen LogP contribution in [-0.2, 0) is 0 Å². The maximum atomic E-state index is 4.51. The molecule has 5 heteroatoms. The van der Waals surface area contributed by atoms with Crippen molar-refractivity contribution in [2.45, 2.75) is 25.7 Å². The lowest BCUT2D eigenvalue weighted by Gasteiger charge is -2.27. The van der Waals surface area contributed by atoms with Crippen molar-refractivity contribution < 1.29 is 0 Å². The molecule has 17 heavy (non-hydrogen) atoms. The molecule has 0 bridgehead atoms. The Hall–Kier alpha value is -1.49. The number of aryl methyl sites for hydroxylation is 1. The summed E-state index contributed by atoms with van der Waals surface area (Å²) in [4.78, 5) is 2.36. The fourth-order valence-corrected chi connectivity index (χ4v) is 2.42. The molecule has 3 rings (SSSR count). The van der Waals surface area contributed by atoms with Gasteiger partial charge in [0, 0.05) is 5.92 Å². The van der Waals surface area contributed by atoms with Crippen LogP contribution in [0.3, 0.4) is 0 Å². The first-order chi connectivity index (χ1) is 8.24. The fraction of sp³-hybridized carbons (Fsp3) is 0.583. The molecule has 0 unspecified atom stereocenters. The highest BCUT2D eigenvalue weighted by molar-refractivity contribution is 5.36. The van der Waals surface area contributed by atoms with E-state index < -0.39 is 0 Å². The smallest absolute Gasteiger partial charge is 0.177 e. The molecule has 2 aromatic rings. The number of piperidine rings is 1. The van der Waals surface area contributed by atoms with Gasteiger partial charge in [-0.05, 0) is 52.0 Å². The summed E-state index contributed by atoms with van der Waals surface area (Å²) in [6.07, 6.45) is 2.29. The lowest BCUT2D eigenvalue weighted by atomic mass is 9.96. The van der Waals surface area contributed by atoms with Crippen molar-refractivity contribution >= 4 is 5.65 Å². The second-order valence-electron chi connectivity index (χ2n) is 4.88. The quantitative estimate of drug-likeness (QED) is 0.741. The van der Waals surface area contributed by atoms with Gasteiger partial charge in [0.25, 0.3) is 0 Å². The lowest BCUT2D eigenvalue weighted by molar-refractivity contribution is 0.250. The first-order valence-corrected chi connectivity index (χ1v) is 6.11. The van der Waals surface area contributed by atoms with Gasteiger partial charge < -0.3 is 4.90 Å². The van der Waals surface area contributed by atoms with Crippen LogP contribution in [-0.4, -0.2) is 44.8 Å². The number of rotatable bonds is 1. The molecule has 0 aromatic carbocycles. The Morgan fingerprint density at radius 2 is 1.94 bits per heavy atom. The summed E-state index contributed by atoms with van der Waals surface area (Å²) < 4.78 is 1.91. The van der Waals surface area contributed by atoms with Crippen LogP contribution in [0.1, 0.15) is 30.3 Å². The number of likely N-dealkylation sites (tertiary alicyclic amines) is 1. The Balaban J connectivity index is 1.97. The first kappa shape index (κ1) is 10.7. The number of hydrogen-bond donors (Lipinski definition) is 0. The molecule has 90 valence electrons. The highest BCUT2D eigenvalue weighted by Crippen LogP contribution is 2.25. The van der Waals surface area contributed by atoms with E-state index in [9.17, 15) is 0 Å². The van der Waals surface area contributed by atoms with Gasteiger partial charge in [-0.3, -0.25) is 0 Å². The highest BCUT2D eigenvalue weighted by Gasteiger charge is 2.23. The van der Waals surface area contributed by atoms with Crippen LogP contribution >= 0.6 is 0 Å². The molecule has 0 atom stereocenters. The van der Waals surface area contributed by atoms with Gasteiger partial charge in [-0.2, -0.15) is 9.61 Å². The average molecular weight is 231 g/mol. The maximum absolute atomic E-state index is 4.51. The zero-order valence-corrected chi connectivity index (χ0v) is 10.3. The summed E-state index contributed by atoms with van der Waals surface area (Å²) in [5.41, 5.74) is 1.86. The lowest BCUT2D eigenvalue weighted by Crippen LogP contribution is -2.30. The van der Waals surface area contributed by atoms with E-state index in [2.05, 4.69) is 27.2 Å². The number of nitrogens with zero attached hydrogens (tertiary/aromatic N) is 5. The van der Waals surface area contributed by atoms with Gasteiger partial charge >= 0.3 is 0 Å². The van der Waals surface area contributed by atoms with E-state index in [0.29, 0.717) is 5.92 Å². The van der Waals surface area contributed by atoms with Crippen molar-refractivity contribution in [1.82, 2.24) is 24.7 Å². The van der Waals surface area contributed by atoms with Crippen LogP contribution in [0, 0.1) is 6.92 Å². The third-order valence-electron chi connectivity index (χ3n) is 3.50. The van der Waals surface area contributed by atoms with Crippen LogP contribution in [0.25, 0.3) is 5.65 Å². The van der Waals surface area contributed by atoms with E-state index in [1.165, 1.54) is 0 Å². The largest absolute Gasteiger partial charge is 0.306 e. The summed E-state index contributed by atoms with van der Waals surface area (Å²) in [6, 6.07) is 3.95. The summed E-state index contributed by atoms with van der Waals surface area (Å²) >= 11 is 0. The van der Waals surface area contributed by atoms with Crippen LogP contribution in [0.2, 0.25) is 0 Å². The molecule has 1 aliphatic heterocycles. The molecule has 1 fully saturated rings. The summed E-state index contributed by atoms with van der Waals surface area (Å²) in [6.45, 7) is 4.26. The minimum atomic E-state index is 0.496. The Bertz CT molecular complexity index is 525. The molecule has 0 N–H and O–H groups in total. The number of hydrogen-bond acceptors (Lipinski definition) is 4. The Morgan fingerprint density at radius 1 is 1.18 bits per heavy atom. The van der Waals surface area contributed by atoms with E-state index in [1.54, 1.807) is 0 Å². The van der Waals surface area contributed by atoms with Gasteiger partial charge in [-0.1, -0.05) is 0 Å². The third-order valence-corrected chi connectivity index (χ3v) is 3.50. The second kappa shape index (κ2) is 4.07. The normalized spacial score (nSPS) is 18.9. The highest BCUT2D eigenvalue weighted by atomic mass is 15.4. The van der Waals surface area contributed by atoms with E-state index in [0.717, 1.165) is 43.1 Å².